The highest BCUT2D eigenvalue weighted by Crippen LogP contribution is 2.41. The summed E-state index contributed by atoms with van der Waals surface area (Å²) in [5, 5.41) is 0. The van der Waals surface area contributed by atoms with E-state index < -0.39 is 10.0 Å². The fraction of sp³-hybridized carbons (Fsp3) is 0.618. The van der Waals surface area contributed by atoms with E-state index in [0.29, 0.717) is 29.3 Å². The quantitative estimate of drug-likeness (QED) is 0.277. The normalized spacial score (nSPS) is 21.3. The van der Waals surface area contributed by atoms with Crippen LogP contribution in [0.1, 0.15) is 61.6 Å². The second kappa shape index (κ2) is 15.0. The molecule has 2 aromatic carbocycles. The number of aryl methyl sites for hydroxylation is 2. The first kappa shape index (κ1) is 33.4. The lowest BCUT2D eigenvalue weighted by molar-refractivity contribution is -0.135. The van der Waals surface area contributed by atoms with Crippen LogP contribution in [0.15, 0.2) is 47.4 Å². The van der Waals surface area contributed by atoms with Gasteiger partial charge < -0.3 is 14.4 Å². The van der Waals surface area contributed by atoms with Gasteiger partial charge >= 0.3 is 0 Å². The number of sulfonamides is 1. The van der Waals surface area contributed by atoms with Gasteiger partial charge in [0.15, 0.2) is 0 Å². The third-order valence-corrected chi connectivity index (χ3v) is 11.8. The smallest absolute Gasteiger partial charge is 0.248 e. The van der Waals surface area contributed by atoms with Gasteiger partial charge in [0.05, 0.1) is 18.6 Å². The van der Waals surface area contributed by atoms with Crippen LogP contribution in [0.4, 0.5) is 0 Å². The Morgan fingerprint density at radius 2 is 1.63 bits per heavy atom. The molecule has 1 saturated heterocycles. The van der Waals surface area contributed by atoms with Gasteiger partial charge in [0, 0.05) is 32.7 Å². The average Bonchev–Trinajstić information content (AvgIpc) is 3.54. The summed E-state index contributed by atoms with van der Waals surface area (Å²) in [4.78, 5) is 17.6. The summed E-state index contributed by atoms with van der Waals surface area (Å²) in [6, 6.07) is 14.4. The number of amides is 1. The SMILES string of the molecule is COc1cc(C)c(S(=O)(=O)N(C)CCOCC(=O)N(C)CCC2CCC(Cc3ccccc3)(N3CCCC3)CC2)c(C)c1. The monoisotopic (exact) mass is 613 g/mol. The lowest BCUT2D eigenvalue weighted by Gasteiger charge is -2.47. The standard InChI is InChI=1S/C34H51N3O5S/c1-27-23-31(41-5)24-28(2)33(27)43(39,40)36(4)21-22-42-26-32(38)35(3)20-15-29-13-16-34(17-14-29,37-18-9-10-19-37)25-30-11-7-6-8-12-30/h6-8,11-12,23-24,29H,9-10,13-22,25-26H2,1-5H3. The Balaban J connectivity index is 1.19. The van der Waals surface area contributed by atoms with Crippen molar-refractivity contribution in [2.45, 2.75) is 75.6 Å². The molecule has 0 spiro atoms. The minimum atomic E-state index is -3.70. The summed E-state index contributed by atoms with van der Waals surface area (Å²) in [6.07, 6.45) is 9.60. The number of carbonyl (C=O) groups is 1. The van der Waals surface area contributed by atoms with Crippen LogP contribution in [0.5, 0.6) is 5.75 Å². The first-order valence-electron chi connectivity index (χ1n) is 15.8. The lowest BCUT2D eigenvalue weighted by Crippen LogP contribution is -2.51. The minimum absolute atomic E-state index is 0.0508. The van der Waals surface area contributed by atoms with Crippen LogP contribution >= 0.6 is 0 Å². The summed E-state index contributed by atoms with van der Waals surface area (Å²) in [6.45, 7) is 6.94. The van der Waals surface area contributed by atoms with Gasteiger partial charge in [-0.25, -0.2) is 8.42 Å². The molecule has 0 unspecified atom stereocenters. The summed E-state index contributed by atoms with van der Waals surface area (Å²) >= 11 is 0. The van der Waals surface area contributed by atoms with Crippen molar-refractivity contribution >= 4 is 15.9 Å². The first-order valence-corrected chi connectivity index (χ1v) is 17.2. The summed E-state index contributed by atoms with van der Waals surface area (Å²) in [5.74, 6) is 1.19. The van der Waals surface area contributed by atoms with Crippen molar-refractivity contribution in [2.24, 2.45) is 5.92 Å². The molecule has 43 heavy (non-hydrogen) atoms. The van der Waals surface area contributed by atoms with E-state index in [1.54, 1.807) is 38.0 Å². The van der Waals surface area contributed by atoms with Gasteiger partial charge in [-0.2, -0.15) is 4.31 Å². The van der Waals surface area contributed by atoms with Gasteiger partial charge in [-0.3, -0.25) is 9.69 Å². The van der Waals surface area contributed by atoms with Crippen molar-refractivity contribution in [3.05, 3.63) is 59.2 Å². The number of hydrogen-bond donors (Lipinski definition) is 0. The molecule has 1 amide bonds. The van der Waals surface area contributed by atoms with Crippen LogP contribution in [0.25, 0.3) is 0 Å². The number of benzene rings is 2. The second-order valence-electron chi connectivity index (χ2n) is 12.6. The Morgan fingerprint density at radius 1 is 1.00 bits per heavy atom. The zero-order valence-electron chi connectivity index (χ0n) is 26.8. The Hall–Kier alpha value is -2.46. The molecule has 0 aromatic heterocycles. The molecule has 1 saturated carbocycles. The van der Waals surface area contributed by atoms with Gasteiger partial charge in [0.2, 0.25) is 15.9 Å². The Bertz CT molecular complexity index is 1280. The molecule has 8 nitrogen and oxygen atoms in total. The fourth-order valence-corrected chi connectivity index (χ4v) is 8.51. The van der Waals surface area contributed by atoms with Crippen molar-refractivity contribution in [3.63, 3.8) is 0 Å². The zero-order valence-corrected chi connectivity index (χ0v) is 27.6. The van der Waals surface area contributed by atoms with Crippen molar-refractivity contribution in [1.82, 2.24) is 14.1 Å². The lowest BCUT2D eigenvalue weighted by atomic mass is 9.71. The maximum Gasteiger partial charge on any atom is 0.248 e. The Labute approximate surface area is 259 Å². The number of hydrogen-bond acceptors (Lipinski definition) is 6. The molecule has 2 aliphatic rings. The van der Waals surface area contributed by atoms with Crippen LogP contribution in [0.2, 0.25) is 0 Å². The van der Waals surface area contributed by atoms with Crippen LogP contribution in [-0.4, -0.2) is 94.6 Å². The van der Waals surface area contributed by atoms with Gasteiger partial charge in [-0.1, -0.05) is 30.3 Å². The zero-order chi connectivity index (χ0) is 31.0. The third-order valence-electron chi connectivity index (χ3n) is 9.60. The number of likely N-dealkylation sites (tertiary alicyclic amines) is 1. The largest absolute Gasteiger partial charge is 0.497 e. The average molecular weight is 614 g/mol. The first-order chi connectivity index (χ1) is 20.6. The number of rotatable bonds is 14. The van der Waals surface area contributed by atoms with E-state index in [1.807, 2.05) is 7.05 Å². The van der Waals surface area contributed by atoms with Crippen molar-refractivity contribution in [3.8, 4) is 5.75 Å². The molecule has 0 atom stereocenters. The Kier molecular flexibility index (Phi) is 11.7. The minimum Gasteiger partial charge on any atom is -0.497 e. The predicted octanol–water partition coefficient (Wildman–Crippen LogP) is 5.07. The third kappa shape index (κ3) is 8.38. The van der Waals surface area contributed by atoms with Gasteiger partial charge in [-0.15, -0.1) is 0 Å². The van der Waals surface area contributed by atoms with E-state index in [1.165, 1.54) is 68.5 Å². The van der Waals surface area contributed by atoms with Crippen LogP contribution < -0.4 is 4.74 Å². The van der Waals surface area contributed by atoms with Gasteiger partial charge in [0.25, 0.3) is 0 Å². The van der Waals surface area contributed by atoms with E-state index in [4.69, 9.17) is 9.47 Å². The highest BCUT2D eigenvalue weighted by molar-refractivity contribution is 7.89. The number of methoxy groups -OCH3 is 1. The molecule has 0 N–H and O–H groups in total. The molecule has 2 fully saturated rings. The molecule has 4 rings (SSSR count). The number of nitrogens with zero attached hydrogens (tertiary/aromatic N) is 3. The van der Waals surface area contributed by atoms with E-state index >= 15 is 0 Å². The van der Waals surface area contributed by atoms with Crippen molar-refractivity contribution in [1.29, 1.82) is 0 Å². The van der Waals surface area contributed by atoms with Crippen molar-refractivity contribution < 1.29 is 22.7 Å². The van der Waals surface area contributed by atoms with Gasteiger partial charge in [-0.05, 0) is 113 Å². The molecule has 9 heteroatoms. The summed E-state index contributed by atoms with van der Waals surface area (Å²) in [5.41, 5.74) is 2.98. The number of likely N-dealkylation sites (N-methyl/N-ethyl adjacent to an activating group) is 2. The second-order valence-corrected chi connectivity index (χ2v) is 14.6. The maximum atomic E-state index is 13.2. The summed E-state index contributed by atoms with van der Waals surface area (Å²) in [7, 11) is 1.24. The predicted molar refractivity (Wildman–Crippen MR) is 171 cm³/mol. The molecule has 1 aliphatic heterocycles. The molecular formula is C34H51N3O5S. The molecule has 0 radical (unpaired) electrons. The van der Waals surface area contributed by atoms with Crippen LogP contribution in [0, 0.1) is 19.8 Å². The molecule has 0 bridgehead atoms. The number of ether oxygens (including phenoxy) is 2. The summed E-state index contributed by atoms with van der Waals surface area (Å²) < 4.78 is 38.6. The molecule has 2 aromatic rings. The maximum absolute atomic E-state index is 13.2. The van der Waals surface area contributed by atoms with Crippen LogP contribution in [-0.2, 0) is 26.0 Å². The molecule has 1 aliphatic carbocycles. The highest BCUT2D eigenvalue weighted by atomic mass is 32.2. The molecule has 238 valence electrons. The van der Waals surface area contributed by atoms with E-state index in [0.717, 1.165) is 12.8 Å². The van der Waals surface area contributed by atoms with Gasteiger partial charge in [0.1, 0.15) is 12.4 Å². The number of carbonyl (C=O) groups excluding carboxylic acids is 1. The van der Waals surface area contributed by atoms with E-state index in [2.05, 4.69) is 35.2 Å². The molecule has 1 heterocycles. The highest BCUT2D eigenvalue weighted by Gasteiger charge is 2.41. The molecular weight excluding hydrogens is 562 g/mol. The van der Waals surface area contributed by atoms with Crippen LogP contribution in [0.3, 0.4) is 0 Å². The van der Waals surface area contributed by atoms with E-state index in [9.17, 15) is 13.2 Å². The Morgan fingerprint density at radius 3 is 2.23 bits per heavy atom. The van der Waals surface area contributed by atoms with E-state index in [-0.39, 0.29) is 36.1 Å². The fourth-order valence-electron chi connectivity index (χ4n) is 6.95. The van der Waals surface area contributed by atoms with Crippen molar-refractivity contribution in [2.75, 3.05) is 60.6 Å². The topological polar surface area (TPSA) is 79.4 Å².